The van der Waals surface area contributed by atoms with E-state index in [9.17, 15) is 0 Å². The number of aromatic nitrogens is 2. The van der Waals surface area contributed by atoms with Crippen molar-refractivity contribution in [2.45, 2.75) is 6.92 Å². The summed E-state index contributed by atoms with van der Waals surface area (Å²) in [6.45, 7) is 5.98. The van der Waals surface area contributed by atoms with Gasteiger partial charge in [-0.1, -0.05) is 34.1 Å². The highest BCUT2D eigenvalue weighted by molar-refractivity contribution is 9.10. The van der Waals surface area contributed by atoms with Gasteiger partial charge in [-0.2, -0.15) is 0 Å². The molecule has 0 radical (unpaired) electrons. The Kier molecular flexibility index (Phi) is 2.68. The fourth-order valence-electron chi connectivity index (χ4n) is 2.25. The highest BCUT2D eigenvalue weighted by Gasteiger charge is 2.14. The molecule has 1 aromatic carbocycles. The third-order valence-corrected chi connectivity index (χ3v) is 3.75. The van der Waals surface area contributed by atoms with Crippen molar-refractivity contribution in [2.75, 3.05) is 0 Å². The van der Waals surface area contributed by atoms with E-state index < -0.39 is 0 Å². The van der Waals surface area contributed by atoms with Crippen LogP contribution >= 0.6 is 27.5 Å². The van der Waals surface area contributed by atoms with Gasteiger partial charge in [-0.05, 0) is 31.2 Å². The van der Waals surface area contributed by atoms with Gasteiger partial charge in [0.2, 0.25) is 0 Å². The van der Waals surface area contributed by atoms with Crippen LogP contribution in [0.4, 0.5) is 0 Å². The minimum Gasteiger partial charge on any atom is -0.299 e. The zero-order valence-corrected chi connectivity index (χ0v) is 12.1. The molecule has 0 bridgehead atoms. The monoisotopic (exact) mass is 320 g/mol. The maximum Gasteiger partial charge on any atom is 0.146 e. The normalized spacial score (nSPS) is 11.3. The first kappa shape index (κ1) is 11.8. The summed E-state index contributed by atoms with van der Waals surface area (Å²) in [5.41, 5.74) is 2.84. The predicted molar refractivity (Wildman–Crippen MR) is 81.0 cm³/mol. The van der Waals surface area contributed by atoms with Crippen LogP contribution in [0.1, 0.15) is 6.92 Å². The van der Waals surface area contributed by atoms with E-state index in [-0.39, 0.29) is 0 Å². The Morgan fingerprint density at radius 2 is 2.17 bits per heavy atom. The molecule has 0 saturated carbocycles. The molecule has 0 atom stereocenters. The Labute approximate surface area is 118 Å². The van der Waals surface area contributed by atoms with Crippen LogP contribution in [0.3, 0.4) is 0 Å². The Bertz CT molecular complexity index is 789. The number of hydrogen-bond acceptors (Lipinski definition) is 1. The lowest BCUT2D eigenvalue weighted by molar-refractivity contribution is 1.16. The van der Waals surface area contributed by atoms with Gasteiger partial charge < -0.3 is 0 Å². The molecular formula is C14H10BrClN2. The van der Waals surface area contributed by atoms with E-state index in [2.05, 4.69) is 33.6 Å². The van der Waals surface area contributed by atoms with Gasteiger partial charge >= 0.3 is 0 Å². The van der Waals surface area contributed by atoms with E-state index in [0.29, 0.717) is 5.02 Å². The molecule has 2 nitrogen and oxygen atoms in total. The Morgan fingerprint density at radius 1 is 1.39 bits per heavy atom. The summed E-state index contributed by atoms with van der Waals surface area (Å²) in [4.78, 5) is 4.43. The summed E-state index contributed by atoms with van der Waals surface area (Å²) >= 11 is 9.80. The van der Waals surface area contributed by atoms with Crippen LogP contribution in [0, 0.1) is 0 Å². The third-order valence-electron chi connectivity index (χ3n) is 2.94. The fourth-order valence-corrected chi connectivity index (χ4v) is 2.85. The highest BCUT2D eigenvalue weighted by Crippen LogP contribution is 2.35. The van der Waals surface area contributed by atoms with Crippen LogP contribution < -0.4 is 0 Å². The Hall–Kier alpha value is -1.32. The van der Waals surface area contributed by atoms with Gasteiger partial charge in [0.05, 0.1) is 10.5 Å². The van der Waals surface area contributed by atoms with Crippen molar-refractivity contribution in [3.8, 4) is 0 Å². The Balaban J connectivity index is 2.66. The van der Waals surface area contributed by atoms with Gasteiger partial charge in [-0.15, -0.1) is 0 Å². The van der Waals surface area contributed by atoms with Gasteiger partial charge in [0.1, 0.15) is 5.65 Å². The SMILES string of the molecule is C=C(C)n1c2ccc(Br)cc2c2c(Cl)ccnc21. The van der Waals surface area contributed by atoms with E-state index >= 15 is 0 Å². The summed E-state index contributed by atoms with van der Waals surface area (Å²) in [5, 5.41) is 2.77. The first-order valence-corrected chi connectivity index (χ1v) is 6.67. The van der Waals surface area contributed by atoms with E-state index in [4.69, 9.17) is 11.6 Å². The van der Waals surface area contributed by atoms with Crippen molar-refractivity contribution in [3.63, 3.8) is 0 Å². The average molecular weight is 322 g/mol. The van der Waals surface area contributed by atoms with Crippen LogP contribution in [0.5, 0.6) is 0 Å². The maximum absolute atomic E-state index is 6.31. The number of allylic oxidation sites excluding steroid dienone is 1. The zero-order chi connectivity index (χ0) is 12.9. The first-order valence-electron chi connectivity index (χ1n) is 5.49. The number of nitrogens with zero attached hydrogens (tertiary/aromatic N) is 2. The second-order valence-corrected chi connectivity index (χ2v) is 5.55. The van der Waals surface area contributed by atoms with E-state index in [1.807, 2.05) is 29.7 Å². The average Bonchev–Trinajstić information content (AvgIpc) is 2.63. The number of halogens is 2. The van der Waals surface area contributed by atoms with Crippen molar-refractivity contribution >= 4 is 55.2 Å². The molecule has 90 valence electrons. The largest absolute Gasteiger partial charge is 0.299 e. The second-order valence-electron chi connectivity index (χ2n) is 4.22. The first-order chi connectivity index (χ1) is 8.59. The van der Waals surface area contributed by atoms with Gasteiger partial charge in [-0.3, -0.25) is 4.57 Å². The molecule has 0 fully saturated rings. The summed E-state index contributed by atoms with van der Waals surface area (Å²) in [6, 6.07) is 7.93. The van der Waals surface area contributed by atoms with Crippen LogP contribution in [-0.2, 0) is 0 Å². The Morgan fingerprint density at radius 3 is 2.89 bits per heavy atom. The van der Waals surface area contributed by atoms with E-state index in [1.54, 1.807) is 6.20 Å². The highest BCUT2D eigenvalue weighted by atomic mass is 79.9. The van der Waals surface area contributed by atoms with Crippen molar-refractivity contribution in [3.05, 3.63) is 46.5 Å². The van der Waals surface area contributed by atoms with Gasteiger partial charge in [0.15, 0.2) is 0 Å². The molecule has 0 saturated heterocycles. The zero-order valence-electron chi connectivity index (χ0n) is 9.74. The number of hydrogen-bond donors (Lipinski definition) is 0. The third kappa shape index (κ3) is 1.58. The quantitative estimate of drug-likeness (QED) is 0.610. The molecule has 0 aliphatic carbocycles. The molecule has 2 aromatic heterocycles. The van der Waals surface area contributed by atoms with Crippen LogP contribution in [0.2, 0.25) is 5.02 Å². The lowest BCUT2D eigenvalue weighted by Gasteiger charge is -2.04. The van der Waals surface area contributed by atoms with Gasteiger partial charge in [0.25, 0.3) is 0 Å². The lowest BCUT2D eigenvalue weighted by Crippen LogP contribution is -1.93. The molecule has 2 heterocycles. The number of rotatable bonds is 1. The van der Waals surface area contributed by atoms with Crippen molar-refractivity contribution in [2.24, 2.45) is 0 Å². The molecule has 0 amide bonds. The molecule has 0 spiro atoms. The van der Waals surface area contributed by atoms with Crippen LogP contribution in [0.15, 0.2) is 41.5 Å². The van der Waals surface area contributed by atoms with Gasteiger partial charge in [0, 0.05) is 27.1 Å². The molecule has 0 aliphatic rings. The molecular weight excluding hydrogens is 312 g/mol. The van der Waals surface area contributed by atoms with Crippen molar-refractivity contribution in [1.29, 1.82) is 0 Å². The standard InChI is InChI=1S/C14H10BrClN2/c1-8(2)18-12-4-3-9(15)7-10(12)13-11(16)5-6-17-14(13)18/h3-7H,1H2,2H3. The van der Waals surface area contributed by atoms with Crippen LogP contribution in [0.25, 0.3) is 27.6 Å². The molecule has 3 rings (SSSR count). The molecule has 18 heavy (non-hydrogen) atoms. The fraction of sp³-hybridized carbons (Fsp3) is 0.0714. The summed E-state index contributed by atoms with van der Waals surface area (Å²) in [6.07, 6.45) is 1.72. The van der Waals surface area contributed by atoms with E-state index in [0.717, 1.165) is 32.1 Å². The molecule has 0 N–H and O–H groups in total. The summed E-state index contributed by atoms with van der Waals surface area (Å²) < 4.78 is 3.05. The van der Waals surface area contributed by atoms with Crippen LogP contribution in [-0.4, -0.2) is 9.55 Å². The van der Waals surface area contributed by atoms with E-state index in [1.165, 1.54) is 0 Å². The summed E-state index contributed by atoms with van der Waals surface area (Å²) in [5.74, 6) is 0. The van der Waals surface area contributed by atoms with Crippen molar-refractivity contribution in [1.82, 2.24) is 9.55 Å². The van der Waals surface area contributed by atoms with Crippen molar-refractivity contribution < 1.29 is 0 Å². The summed E-state index contributed by atoms with van der Waals surface area (Å²) in [7, 11) is 0. The predicted octanol–water partition coefficient (Wildman–Crippen LogP) is 5.10. The number of pyridine rings is 1. The number of fused-ring (bicyclic) bond motifs is 3. The second kappa shape index (κ2) is 4.11. The minimum absolute atomic E-state index is 0.711. The topological polar surface area (TPSA) is 17.8 Å². The molecule has 4 heteroatoms. The number of benzene rings is 1. The minimum atomic E-state index is 0.711. The molecule has 3 aromatic rings. The molecule has 0 unspecified atom stereocenters. The lowest BCUT2D eigenvalue weighted by atomic mass is 10.2. The molecule has 0 aliphatic heterocycles. The van der Waals surface area contributed by atoms with Gasteiger partial charge in [-0.25, -0.2) is 4.98 Å². The maximum atomic E-state index is 6.31. The smallest absolute Gasteiger partial charge is 0.146 e.